The van der Waals surface area contributed by atoms with E-state index in [0.29, 0.717) is 51.6 Å². The quantitative estimate of drug-likeness (QED) is 0.0341. The lowest BCUT2D eigenvalue weighted by Gasteiger charge is -2.24. The van der Waals surface area contributed by atoms with E-state index in [1.165, 1.54) is 4.90 Å². The number of carbonyl (C=O) groups is 7. The number of hydrogen-bond donors (Lipinski definition) is 1. The Hall–Kier alpha value is -3.99. The van der Waals surface area contributed by atoms with E-state index in [0.717, 1.165) is 128 Å². The van der Waals surface area contributed by atoms with Crippen molar-refractivity contribution in [1.29, 1.82) is 0 Å². The summed E-state index contributed by atoms with van der Waals surface area (Å²) in [6.45, 7) is 9.25. The van der Waals surface area contributed by atoms with Crippen LogP contribution in [-0.4, -0.2) is 142 Å². The molecular weight excluding hydrogens is 977 g/mol. The third kappa shape index (κ3) is 39.4. The zero-order chi connectivity index (χ0) is 55.9. The number of unbranched alkanes of at least 4 members (excludes halogenated alkanes) is 20. The van der Waals surface area contributed by atoms with E-state index >= 15 is 0 Å². The molecular formula is C59H106N2O15. The molecule has 76 heavy (non-hydrogen) atoms. The molecule has 442 valence electrons. The summed E-state index contributed by atoms with van der Waals surface area (Å²) in [4.78, 5) is 95.1. The Morgan fingerprint density at radius 2 is 0.829 bits per heavy atom. The number of nitrogens with zero attached hydrogens (tertiary/aromatic N) is 2. The van der Waals surface area contributed by atoms with E-state index in [1.807, 2.05) is 11.9 Å². The summed E-state index contributed by atoms with van der Waals surface area (Å²) in [5, 5.41) is 9.19. The molecule has 1 fully saturated rings. The van der Waals surface area contributed by atoms with Gasteiger partial charge in [0.05, 0.1) is 58.5 Å². The second-order valence-corrected chi connectivity index (χ2v) is 21.1. The van der Waals surface area contributed by atoms with Gasteiger partial charge in [-0.3, -0.25) is 33.7 Å². The Balaban J connectivity index is 3.09. The van der Waals surface area contributed by atoms with Crippen molar-refractivity contribution < 1.29 is 71.8 Å². The lowest BCUT2D eigenvalue weighted by Crippen LogP contribution is -2.40. The predicted octanol–water partition coefficient (Wildman–Crippen LogP) is 11.5. The van der Waals surface area contributed by atoms with Crippen LogP contribution >= 0.6 is 0 Å². The van der Waals surface area contributed by atoms with Crippen LogP contribution in [0.15, 0.2) is 0 Å². The fourth-order valence-corrected chi connectivity index (χ4v) is 8.99. The summed E-state index contributed by atoms with van der Waals surface area (Å²) in [5.41, 5.74) is 0. The van der Waals surface area contributed by atoms with Crippen LogP contribution in [0, 0.1) is 11.8 Å². The molecule has 1 aliphatic rings. The van der Waals surface area contributed by atoms with Crippen molar-refractivity contribution in [2.75, 3.05) is 72.9 Å². The highest BCUT2D eigenvalue weighted by molar-refractivity contribution is 5.73. The SMILES string of the molecule is CCCCCCCCC(=O)OCC(COC(=O)CCCCCCCC)CC(=O)OC[C@H]1C[C@H](OC(=O)CC(COC(=O)CCCCCCCC)COC(=O)CCCCCCCC)CN1C(=O)OCCCN(C)CCCO. The Bertz CT molecular complexity index is 1470. The van der Waals surface area contributed by atoms with Crippen molar-refractivity contribution in [3.05, 3.63) is 0 Å². The molecule has 0 aromatic rings. The smallest absolute Gasteiger partial charge is 0.410 e. The standard InChI is InChI=1S/C59H106N2O15/c1-6-10-14-18-22-26-32-53(63)71-44-49(45-72-54(64)33-27-23-19-15-11-7-2)40-57(67)75-48-51-42-52(43-61(51)59(69)70-39-31-37-60(5)36-30-38-62)76-58(68)41-50(46-73-55(65)34-28-24-20-16-12-8-3)47-74-56(66)35-29-25-21-17-13-9-4/h49-52,62H,6-48H2,1-5H3/t51-,52+/m1/s1. The van der Waals surface area contributed by atoms with Crippen molar-refractivity contribution in [2.45, 2.75) is 252 Å². The van der Waals surface area contributed by atoms with Gasteiger partial charge in [0.25, 0.3) is 0 Å². The molecule has 0 radical (unpaired) electrons. The maximum absolute atomic E-state index is 13.6. The number of hydrogen-bond acceptors (Lipinski definition) is 16. The van der Waals surface area contributed by atoms with Gasteiger partial charge in [-0.2, -0.15) is 0 Å². The maximum atomic E-state index is 13.6. The fourth-order valence-electron chi connectivity index (χ4n) is 8.99. The van der Waals surface area contributed by atoms with Crippen molar-refractivity contribution in [3.8, 4) is 0 Å². The average Bonchev–Trinajstić information content (AvgIpc) is 3.81. The zero-order valence-electron chi connectivity index (χ0n) is 48.3. The zero-order valence-corrected chi connectivity index (χ0v) is 48.3. The van der Waals surface area contributed by atoms with E-state index in [4.69, 9.17) is 33.2 Å². The number of carbonyl (C=O) groups excluding carboxylic acids is 7. The summed E-state index contributed by atoms with van der Waals surface area (Å²) in [6, 6.07) is -0.730. The van der Waals surface area contributed by atoms with Gasteiger partial charge in [0.15, 0.2) is 0 Å². The van der Waals surface area contributed by atoms with Gasteiger partial charge in [0.1, 0.15) is 12.7 Å². The molecule has 2 atom stereocenters. The summed E-state index contributed by atoms with van der Waals surface area (Å²) in [5.74, 6) is -4.15. The molecule has 0 aromatic carbocycles. The van der Waals surface area contributed by atoms with E-state index in [2.05, 4.69) is 27.7 Å². The largest absolute Gasteiger partial charge is 0.465 e. The Kier molecular flexibility index (Phi) is 44.4. The monoisotopic (exact) mass is 1080 g/mol. The number of rotatable bonds is 50. The van der Waals surface area contributed by atoms with Crippen LogP contribution in [-0.2, 0) is 61.9 Å². The third-order valence-electron chi connectivity index (χ3n) is 13.7. The van der Waals surface area contributed by atoms with E-state index < -0.39 is 42.0 Å². The lowest BCUT2D eigenvalue weighted by atomic mass is 10.1. The van der Waals surface area contributed by atoms with Crippen molar-refractivity contribution >= 4 is 41.9 Å². The van der Waals surface area contributed by atoms with Crippen LogP contribution in [0.2, 0.25) is 0 Å². The van der Waals surface area contributed by atoms with Gasteiger partial charge in [-0.25, -0.2) is 4.79 Å². The Labute approximate surface area is 458 Å². The molecule has 0 bridgehead atoms. The second kappa shape index (κ2) is 48.2. The number of likely N-dealkylation sites (tertiary alicyclic amines) is 1. The molecule has 1 aliphatic heterocycles. The number of aliphatic hydroxyl groups is 1. The van der Waals surface area contributed by atoms with Crippen LogP contribution in [0.25, 0.3) is 0 Å². The average molecular weight is 1080 g/mol. The fraction of sp³-hybridized carbons (Fsp3) is 0.881. The van der Waals surface area contributed by atoms with Crippen LogP contribution in [0.5, 0.6) is 0 Å². The first-order valence-electron chi connectivity index (χ1n) is 30.1. The van der Waals surface area contributed by atoms with Gasteiger partial charge < -0.3 is 43.2 Å². The highest BCUT2D eigenvalue weighted by Crippen LogP contribution is 2.24. The second-order valence-electron chi connectivity index (χ2n) is 21.1. The molecule has 17 heteroatoms. The van der Waals surface area contributed by atoms with Crippen LogP contribution in [0.1, 0.15) is 240 Å². The van der Waals surface area contributed by atoms with Gasteiger partial charge in [0, 0.05) is 63.6 Å². The van der Waals surface area contributed by atoms with Gasteiger partial charge in [0.2, 0.25) is 0 Å². The molecule has 0 spiro atoms. The molecule has 1 rings (SSSR count). The van der Waals surface area contributed by atoms with E-state index in [1.54, 1.807) is 0 Å². The Morgan fingerprint density at radius 1 is 0.461 bits per heavy atom. The summed E-state index contributed by atoms with van der Waals surface area (Å²) < 4.78 is 39.7. The van der Waals surface area contributed by atoms with E-state index in [-0.39, 0.29) is 122 Å². The highest BCUT2D eigenvalue weighted by Gasteiger charge is 2.39. The predicted molar refractivity (Wildman–Crippen MR) is 293 cm³/mol. The number of esters is 6. The van der Waals surface area contributed by atoms with Crippen molar-refractivity contribution in [2.24, 2.45) is 11.8 Å². The normalized spacial score (nSPS) is 14.3. The minimum atomic E-state index is -0.801. The maximum Gasteiger partial charge on any atom is 0.410 e. The highest BCUT2D eigenvalue weighted by atomic mass is 16.6. The number of aliphatic hydroxyl groups excluding tert-OH is 1. The first-order valence-corrected chi connectivity index (χ1v) is 30.1. The summed E-state index contributed by atoms with van der Waals surface area (Å²) >= 11 is 0. The number of ether oxygens (including phenoxy) is 7. The van der Waals surface area contributed by atoms with Crippen molar-refractivity contribution in [1.82, 2.24) is 9.80 Å². The van der Waals surface area contributed by atoms with Gasteiger partial charge in [-0.05, 0) is 45.6 Å². The summed E-state index contributed by atoms with van der Waals surface area (Å²) in [6.07, 6.45) is 24.7. The van der Waals surface area contributed by atoms with Gasteiger partial charge in [-0.1, -0.05) is 156 Å². The van der Waals surface area contributed by atoms with E-state index in [9.17, 15) is 38.7 Å². The molecule has 0 unspecified atom stereocenters. The molecule has 17 nitrogen and oxygen atoms in total. The topological polar surface area (TPSA) is 211 Å². The van der Waals surface area contributed by atoms with Crippen molar-refractivity contribution in [3.63, 3.8) is 0 Å². The van der Waals surface area contributed by atoms with Crippen LogP contribution in [0.3, 0.4) is 0 Å². The van der Waals surface area contributed by atoms with Gasteiger partial charge in [-0.15, -0.1) is 0 Å². The summed E-state index contributed by atoms with van der Waals surface area (Å²) in [7, 11) is 1.91. The molecule has 0 aromatic heterocycles. The molecule has 0 aliphatic carbocycles. The lowest BCUT2D eigenvalue weighted by molar-refractivity contribution is -0.157. The minimum absolute atomic E-state index is 0.0416. The number of amides is 1. The molecule has 1 N–H and O–H groups in total. The molecule has 0 saturated carbocycles. The Morgan fingerprint density at radius 3 is 1.22 bits per heavy atom. The first kappa shape index (κ1) is 70.0. The van der Waals surface area contributed by atoms with Gasteiger partial charge >= 0.3 is 41.9 Å². The first-order chi connectivity index (χ1) is 36.8. The van der Waals surface area contributed by atoms with Crippen LogP contribution in [0.4, 0.5) is 4.79 Å². The molecule has 1 saturated heterocycles. The minimum Gasteiger partial charge on any atom is -0.465 e. The molecule has 1 amide bonds. The third-order valence-corrected chi connectivity index (χ3v) is 13.7. The van der Waals surface area contributed by atoms with Crippen LogP contribution < -0.4 is 0 Å². The molecule has 1 heterocycles.